The van der Waals surface area contributed by atoms with Gasteiger partial charge in [0.15, 0.2) is 0 Å². The number of rotatable bonds is 6. The van der Waals surface area contributed by atoms with E-state index in [1.807, 2.05) is 45.9 Å². The third kappa shape index (κ3) is 4.80. The van der Waals surface area contributed by atoms with Crippen molar-refractivity contribution in [3.05, 3.63) is 70.1 Å². The Kier molecular flexibility index (Phi) is 6.55. The van der Waals surface area contributed by atoms with Crippen molar-refractivity contribution in [3.8, 4) is 0 Å². The van der Waals surface area contributed by atoms with Gasteiger partial charge >= 0.3 is 0 Å². The predicted molar refractivity (Wildman–Crippen MR) is 125 cm³/mol. The molecule has 2 bridgehead atoms. The number of nitrogens with one attached hydrogen (secondary N) is 1. The number of hydrogen-bond acceptors (Lipinski definition) is 4. The van der Waals surface area contributed by atoms with Crippen LogP contribution in [0.2, 0.25) is 0 Å². The number of pyridine rings is 1. The Labute approximate surface area is 200 Å². The van der Waals surface area contributed by atoms with Crippen molar-refractivity contribution in [3.63, 3.8) is 0 Å². The molecule has 0 aliphatic carbocycles. The second kappa shape index (κ2) is 9.74. The SMILES string of the molecule is O=C([O-])C[C@@H]1CCN(C(=O)c2ccccc2)C[C@@H]1CC[NH+]1C[C@@H]2C[C@H](C1)c1cccc(=O)n1C2. The summed E-state index contributed by atoms with van der Waals surface area (Å²) in [6, 6.07) is 14.9. The van der Waals surface area contributed by atoms with Gasteiger partial charge in [0, 0.05) is 61.2 Å². The van der Waals surface area contributed by atoms with Crippen LogP contribution < -0.4 is 15.6 Å². The number of amides is 1. The van der Waals surface area contributed by atoms with E-state index in [1.165, 1.54) is 4.90 Å². The zero-order valence-corrected chi connectivity index (χ0v) is 19.5. The van der Waals surface area contributed by atoms with Crippen LogP contribution in [-0.4, -0.2) is 54.1 Å². The van der Waals surface area contributed by atoms with Gasteiger partial charge in [0.2, 0.25) is 0 Å². The standard InChI is InChI=1S/C27H33N3O4/c31-25-8-4-7-24-23-13-19(16-30(24)25)15-28(17-23)11-9-22-18-29(12-10-21(22)14-26(32)33)27(34)20-5-2-1-3-6-20/h1-8,19,21-23H,9-18H2,(H,32,33)/t19-,21-,22-,23+/m0/s1. The second-order valence-corrected chi connectivity index (χ2v) is 10.4. The van der Waals surface area contributed by atoms with E-state index < -0.39 is 5.97 Å². The number of piperidine rings is 2. The molecule has 7 nitrogen and oxygen atoms in total. The van der Waals surface area contributed by atoms with Crippen LogP contribution in [0.4, 0.5) is 0 Å². The van der Waals surface area contributed by atoms with Crippen molar-refractivity contribution in [2.75, 3.05) is 32.7 Å². The van der Waals surface area contributed by atoms with Gasteiger partial charge in [-0.15, -0.1) is 0 Å². The average Bonchev–Trinajstić information content (AvgIpc) is 2.84. The Hall–Kier alpha value is -2.93. The summed E-state index contributed by atoms with van der Waals surface area (Å²) in [5.74, 6) is 0.135. The fourth-order valence-corrected chi connectivity index (χ4v) is 6.55. The predicted octanol–water partition coefficient (Wildman–Crippen LogP) is 0.159. The number of carbonyl (C=O) groups excluding carboxylic acids is 2. The van der Waals surface area contributed by atoms with E-state index in [0.717, 1.165) is 44.7 Å². The number of carbonyl (C=O) groups is 2. The summed E-state index contributed by atoms with van der Waals surface area (Å²) >= 11 is 0. The lowest BCUT2D eigenvalue weighted by molar-refractivity contribution is -0.911. The summed E-state index contributed by atoms with van der Waals surface area (Å²) in [5, 5.41) is 11.4. The molecule has 0 spiro atoms. The van der Waals surface area contributed by atoms with Crippen molar-refractivity contribution in [2.24, 2.45) is 17.8 Å². The molecule has 34 heavy (non-hydrogen) atoms. The molecule has 2 aromatic rings. The minimum Gasteiger partial charge on any atom is -0.550 e. The number of likely N-dealkylation sites (tertiary alicyclic amines) is 2. The van der Waals surface area contributed by atoms with E-state index in [1.54, 1.807) is 6.07 Å². The van der Waals surface area contributed by atoms with Crippen molar-refractivity contribution >= 4 is 11.9 Å². The molecular weight excluding hydrogens is 430 g/mol. The quantitative estimate of drug-likeness (QED) is 0.661. The van der Waals surface area contributed by atoms with Crippen LogP contribution in [0.25, 0.3) is 0 Å². The van der Waals surface area contributed by atoms with Crippen LogP contribution in [0.3, 0.4) is 0 Å². The Morgan fingerprint density at radius 1 is 1.00 bits per heavy atom. The van der Waals surface area contributed by atoms with Crippen molar-refractivity contribution < 1.29 is 19.6 Å². The topological polar surface area (TPSA) is 86.9 Å². The summed E-state index contributed by atoms with van der Waals surface area (Å²) in [6.07, 6.45) is 2.80. The van der Waals surface area contributed by atoms with E-state index in [2.05, 4.69) is 6.07 Å². The van der Waals surface area contributed by atoms with Gasteiger partial charge in [-0.3, -0.25) is 9.59 Å². The molecule has 0 saturated carbocycles. The molecule has 2 saturated heterocycles. The Balaban J connectivity index is 1.25. The number of fused-ring (bicyclic) bond motifs is 4. The summed E-state index contributed by atoms with van der Waals surface area (Å²) in [4.78, 5) is 40.1. The van der Waals surface area contributed by atoms with E-state index in [9.17, 15) is 19.5 Å². The Morgan fingerprint density at radius 3 is 2.62 bits per heavy atom. The lowest BCUT2D eigenvalue weighted by Crippen LogP contribution is -3.14. The smallest absolute Gasteiger partial charge is 0.253 e. The highest BCUT2D eigenvalue weighted by molar-refractivity contribution is 5.94. The van der Waals surface area contributed by atoms with Gasteiger partial charge in [-0.2, -0.15) is 0 Å². The number of aromatic nitrogens is 1. The lowest BCUT2D eigenvalue weighted by Gasteiger charge is -2.42. The maximum absolute atomic E-state index is 13.0. The van der Waals surface area contributed by atoms with Crippen LogP contribution in [0.1, 0.15) is 47.7 Å². The van der Waals surface area contributed by atoms with Crippen LogP contribution in [-0.2, 0) is 11.3 Å². The van der Waals surface area contributed by atoms with E-state index in [-0.39, 0.29) is 29.7 Å². The zero-order chi connectivity index (χ0) is 23.7. The first kappa shape index (κ1) is 22.8. The third-order valence-corrected chi connectivity index (χ3v) is 8.17. The minimum atomic E-state index is -1.00. The minimum absolute atomic E-state index is 0.0272. The monoisotopic (exact) mass is 463 g/mol. The highest BCUT2D eigenvalue weighted by atomic mass is 16.4. The highest BCUT2D eigenvalue weighted by Crippen LogP contribution is 2.31. The number of carboxylic acids is 1. The van der Waals surface area contributed by atoms with Crippen molar-refractivity contribution in [1.29, 1.82) is 0 Å². The van der Waals surface area contributed by atoms with Crippen LogP contribution in [0.5, 0.6) is 0 Å². The van der Waals surface area contributed by atoms with E-state index in [4.69, 9.17) is 0 Å². The normalized spacial score (nSPS) is 28.2. The molecule has 4 heterocycles. The molecule has 1 aromatic heterocycles. The maximum atomic E-state index is 13.0. The molecular formula is C27H33N3O4. The summed E-state index contributed by atoms with van der Waals surface area (Å²) in [7, 11) is 0. The number of aliphatic carboxylic acids is 1. The highest BCUT2D eigenvalue weighted by Gasteiger charge is 2.38. The van der Waals surface area contributed by atoms with E-state index >= 15 is 0 Å². The molecule has 1 amide bonds. The number of carboxylic acid groups (broad SMARTS) is 1. The summed E-state index contributed by atoms with van der Waals surface area (Å²) in [6.45, 7) is 5.00. The van der Waals surface area contributed by atoms with E-state index in [0.29, 0.717) is 36.9 Å². The molecule has 3 aliphatic rings. The molecule has 1 unspecified atom stereocenters. The van der Waals surface area contributed by atoms with Gasteiger partial charge in [-0.05, 0) is 49.3 Å². The summed E-state index contributed by atoms with van der Waals surface area (Å²) in [5.41, 5.74) is 1.95. The molecule has 1 aromatic carbocycles. The Bertz CT molecular complexity index is 1100. The van der Waals surface area contributed by atoms with Gasteiger partial charge in [0.1, 0.15) is 0 Å². The number of nitrogens with zero attached hydrogens (tertiary/aromatic N) is 2. The first-order valence-electron chi connectivity index (χ1n) is 12.6. The first-order valence-corrected chi connectivity index (χ1v) is 12.6. The second-order valence-electron chi connectivity index (χ2n) is 10.4. The average molecular weight is 464 g/mol. The van der Waals surface area contributed by atoms with Crippen molar-refractivity contribution in [1.82, 2.24) is 9.47 Å². The largest absolute Gasteiger partial charge is 0.550 e. The van der Waals surface area contributed by atoms with Gasteiger partial charge in [-0.25, -0.2) is 0 Å². The molecule has 5 rings (SSSR count). The zero-order valence-electron chi connectivity index (χ0n) is 19.5. The molecule has 5 atom stereocenters. The third-order valence-electron chi connectivity index (χ3n) is 8.17. The maximum Gasteiger partial charge on any atom is 0.253 e. The van der Waals surface area contributed by atoms with Gasteiger partial charge in [-0.1, -0.05) is 24.3 Å². The number of quaternary nitrogens is 1. The molecule has 2 fully saturated rings. The van der Waals surface area contributed by atoms with Crippen LogP contribution in [0.15, 0.2) is 53.3 Å². The first-order chi connectivity index (χ1) is 16.5. The molecule has 180 valence electrons. The van der Waals surface area contributed by atoms with Crippen LogP contribution >= 0.6 is 0 Å². The van der Waals surface area contributed by atoms with Gasteiger partial charge < -0.3 is 24.3 Å². The molecule has 3 aliphatic heterocycles. The number of benzene rings is 1. The lowest BCUT2D eigenvalue weighted by atomic mass is 9.80. The Morgan fingerprint density at radius 2 is 1.82 bits per heavy atom. The number of hydrogen-bond donors (Lipinski definition) is 1. The van der Waals surface area contributed by atoms with Gasteiger partial charge in [0.05, 0.1) is 19.6 Å². The molecule has 1 N–H and O–H groups in total. The fourth-order valence-electron chi connectivity index (χ4n) is 6.55. The molecule has 0 radical (unpaired) electrons. The van der Waals surface area contributed by atoms with Gasteiger partial charge in [0.25, 0.3) is 11.5 Å². The summed E-state index contributed by atoms with van der Waals surface area (Å²) < 4.78 is 1.96. The van der Waals surface area contributed by atoms with Crippen LogP contribution in [0, 0.1) is 17.8 Å². The molecule has 7 heteroatoms. The van der Waals surface area contributed by atoms with Crippen molar-refractivity contribution in [2.45, 2.75) is 38.1 Å². The fraction of sp³-hybridized carbons (Fsp3) is 0.519.